The van der Waals surface area contributed by atoms with Gasteiger partial charge in [0, 0.05) is 10.9 Å². The molecule has 2 heterocycles. The number of aromatic amines is 1. The number of aromatic nitrogens is 2. The molecular weight excluding hydrogens is 270 g/mol. The van der Waals surface area contributed by atoms with Crippen molar-refractivity contribution in [2.75, 3.05) is 12.1 Å². The molecule has 6 nitrogen and oxygen atoms in total. The second kappa shape index (κ2) is 4.52. The average Bonchev–Trinajstić information content (AvgIpc) is 3.15. The summed E-state index contributed by atoms with van der Waals surface area (Å²) < 4.78 is 10.5. The van der Waals surface area contributed by atoms with Gasteiger partial charge in [-0.05, 0) is 24.3 Å². The van der Waals surface area contributed by atoms with Crippen LogP contribution in [-0.2, 0) is 0 Å². The van der Waals surface area contributed by atoms with Crippen molar-refractivity contribution in [1.82, 2.24) is 10.2 Å². The van der Waals surface area contributed by atoms with E-state index >= 15 is 0 Å². The second-order valence-corrected chi connectivity index (χ2v) is 4.66. The zero-order valence-electron chi connectivity index (χ0n) is 10.9. The fourth-order valence-electron chi connectivity index (χ4n) is 2.31. The van der Waals surface area contributed by atoms with E-state index in [0.717, 1.165) is 10.9 Å². The first-order chi connectivity index (χ1) is 10.3. The minimum atomic E-state index is -0.213. The lowest BCUT2D eigenvalue weighted by atomic mass is 10.1. The van der Waals surface area contributed by atoms with Crippen molar-refractivity contribution in [2.45, 2.75) is 0 Å². The summed E-state index contributed by atoms with van der Waals surface area (Å²) in [6, 6.07) is 10.7. The first-order valence-corrected chi connectivity index (χ1v) is 6.44. The molecule has 0 unspecified atom stereocenters. The number of rotatable bonds is 2. The summed E-state index contributed by atoms with van der Waals surface area (Å²) in [5.74, 6) is 1.03. The number of benzene rings is 2. The molecule has 2 N–H and O–H groups in total. The van der Waals surface area contributed by atoms with Gasteiger partial charge < -0.3 is 14.8 Å². The van der Waals surface area contributed by atoms with Crippen molar-refractivity contribution in [3.05, 3.63) is 48.2 Å². The number of para-hydroxylation sites is 1. The van der Waals surface area contributed by atoms with Gasteiger partial charge in [-0.3, -0.25) is 9.89 Å². The summed E-state index contributed by atoms with van der Waals surface area (Å²) in [5, 5.41) is 10.7. The molecule has 2 aromatic carbocycles. The second-order valence-electron chi connectivity index (χ2n) is 4.66. The molecule has 1 aliphatic heterocycles. The highest BCUT2D eigenvalue weighted by Crippen LogP contribution is 2.32. The number of hydrogen-bond acceptors (Lipinski definition) is 4. The third kappa shape index (κ3) is 1.97. The molecule has 4 rings (SSSR count). The van der Waals surface area contributed by atoms with Gasteiger partial charge in [0.15, 0.2) is 11.5 Å². The zero-order chi connectivity index (χ0) is 14.2. The van der Waals surface area contributed by atoms with E-state index in [2.05, 4.69) is 15.5 Å². The van der Waals surface area contributed by atoms with Crippen LogP contribution in [0, 0.1) is 0 Å². The van der Waals surface area contributed by atoms with Crippen molar-refractivity contribution in [1.29, 1.82) is 0 Å². The van der Waals surface area contributed by atoms with Gasteiger partial charge in [0.1, 0.15) is 0 Å². The molecule has 1 aliphatic rings. The van der Waals surface area contributed by atoms with Gasteiger partial charge in [0.05, 0.1) is 17.4 Å². The number of H-pyrrole nitrogens is 1. The molecule has 0 saturated carbocycles. The van der Waals surface area contributed by atoms with E-state index in [1.165, 1.54) is 0 Å². The van der Waals surface area contributed by atoms with E-state index in [1.54, 1.807) is 24.4 Å². The molecule has 104 valence electrons. The minimum Gasteiger partial charge on any atom is -0.454 e. The number of amides is 1. The van der Waals surface area contributed by atoms with Gasteiger partial charge in [-0.15, -0.1) is 0 Å². The Kier molecular flexibility index (Phi) is 2.53. The highest BCUT2D eigenvalue weighted by atomic mass is 16.7. The molecule has 1 aromatic heterocycles. The topological polar surface area (TPSA) is 76.2 Å². The molecule has 0 bridgehead atoms. The predicted molar refractivity (Wildman–Crippen MR) is 76.6 cm³/mol. The molecule has 1 amide bonds. The van der Waals surface area contributed by atoms with Gasteiger partial charge in [-0.2, -0.15) is 5.10 Å². The number of anilines is 1. The first-order valence-electron chi connectivity index (χ1n) is 6.44. The molecule has 0 spiro atoms. The highest BCUT2D eigenvalue weighted by Gasteiger charge is 2.16. The first kappa shape index (κ1) is 11.8. The van der Waals surface area contributed by atoms with E-state index in [1.807, 2.05) is 18.2 Å². The Morgan fingerprint density at radius 2 is 2.10 bits per heavy atom. The van der Waals surface area contributed by atoms with Crippen molar-refractivity contribution in [2.24, 2.45) is 0 Å². The number of carbonyl (C=O) groups excluding carboxylic acids is 1. The lowest BCUT2D eigenvalue weighted by Crippen LogP contribution is -2.12. The number of carbonyl (C=O) groups is 1. The Hall–Kier alpha value is -3.02. The molecule has 0 aliphatic carbocycles. The highest BCUT2D eigenvalue weighted by molar-refractivity contribution is 6.08. The van der Waals surface area contributed by atoms with Crippen molar-refractivity contribution < 1.29 is 14.3 Å². The number of fused-ring (bicyclic) bond motifs is 2. The van der Waals surface area contributed by atoms with Crippen LogP contribution in [0.1, 0.15) is 10.4 Å². The van der Waals surface area contributed by atoms with E-state index in [4.69, 9.17) is 9.47 Å². The van der Waals surface area contributed by atoms with Crippen LogP contribution in [0.4, 0.5) is 5.69 Å². The summed E-state index contributed by atoms with van der Waals surface area (Å²) >= 11 is 0. The van der Waals surface area contributed by atoms with Crippen LogP contribution in [-0.4, -0.2) is 22.9 Å². The summed E-state index contributed by atoms with van der Waals surface area (Å²) in [6.45, 7) is 0.188. The Morgan fingerprint density at radius 3 is 3.05 bits per heavy atom. The van der Waals surface area contributed by atoms with Crippen LogP contribution >= 0.6 is 0 Å². The van der Waals surface area contributed by atoms with Crippen LogP contribution in [0.2, 0.25) is 0 Å². The maximum absolute atomic E-state index is 12.3. The number of hydrogen-bond donors (Lipinski definition) is 2. The summed E-state index contributed by atoms with van der Waals surface area (Å²) in [4.78, 5) is 12.3. The summed E-state index contributed by atoms with van der Waals surface area (Å²) in [6.07, 6.45) is 1.71. The van der Waals surface area contributed by atoms with Crippen LogP contribution in [0.3, 0.4) is 0 Å². The molecule has 21 heavy (non-hydrogen) atoms. The molecule has 3 aromatic rings. The number of nitrogens with zero attached hydrogens (tertiary/aromatic N) is 1. The van der Waals surface area contributed by atoms with Gasteiger partial charge in [-0.25, -0.2) is 0 Å². The number of ether oxygens (including phenoxy) is 2. The monoisotopic (exact) mass is 281 g/mol. The SMILES string of the molecule is O=C(Nc1cccc2cn[nH]c12)c1ccc2c(c1)OCO2. The number of nitrogens with one attached hydrogen (secondary N) is 2. The van der Waals surface area contributed by atoms with Crippen molar-refractivity contribution >= 4 is 22.5 Å². The predicted octanol–water partition coefficient (Wildman–Crippen LogP) is 2.54. The van der Waals surface area contributed by atoms with E-state index in [9.17, 15) is 4.79 Å². The molecule has 6 heteroatoms. The third-order valence-electron chi connectivity index (χ3n) is 3.36. The van der Waals surface area contributed by atoms with Crippen LogP contribution in [0.5, 0.6) is 11.5 Å². The molecule has 0 fully saturated rings. The van der Waals surface area contributed by atoms with Crippen LogP contribution in [0.25, 0.3) is 10.9 Å². The fraction of sp³-hybridized carbons (Fsp3) is 0.0667. The lowest BCUT2D eigenvalue weighted by molar-refractivity contribution is 0.102. The maximum atomic E-state index is 12.3. The quantitative estimate of drug-likeness (QED) is 0.756. The maximum Gasteiger partial charge on any atom is 0.255 e. The van der Waals surface area contributed by atoms with E-state index in [0.29, 0.717) is 22.7 Å². The third-order valence-corrected chi connectivity index (χ3v) is 3.36. The van der Waals surface area contributed by atoms with Crippen LogP contribution in [0.15, 0.2) is 42.6 Å². The summed E-state index contributed by atoms with van der Waals surface area (Å²) in [7, 11) is 0. The van der Waals surface area contributed by atoms with Gasteiger partial charge >= 0.3 is 0 Å². The van der Waals surface area contributed by atoms with Crippen LogP contribution < -0.4 is 14.8 Å². The average molecular weight is 281 g/mol. The van der Waals surface area contributed by atoms with Gasteiger partial charge in [0.25, 0.3) is 5.91 Å². The normalized spacial score (nSPS) is 12.6. The molecule has 0 atom stereocenters. The Morgan fingerprint density at radius 1 is 1.19 bits per heavy atom. The lowest BCUT2D eigenvalue weighted by Gasteiger charge is -2.07. The smallest absolute Gasteiger partial charge is 0.255 e. The van der Waals surface area contributed by atoms with E-state index in [-0.39, 0.29) is 12.7 Å². The Labute approximate surface area is 119 Å². The molecule has 0 radical (unpaired) electrons. The fourth-order valence-corrected chi connectivity index (χ4v) is 2.31. The molecular formula is C15H11N3O3. The van der Waals surface area contributed by atoms with Crippen molar-refractivity contribution in [3.8, 4) is 11.5 Å². The summed E-state index contributed by atoms with van der Waals surface area (Å²) in [5.41, 5.74) is 2.00. The van der Waals surface area contributed by atoms with Crippen molar-refractivity contribution in [3.63, 3.8) is 0 Å². The largest absolute Gasteiger partial charge is 0.454 e. The van der Waals surface area contributed by atoms with E-state index < -0.39 is 0 Å². The Bertz CT molecular complexity index is 841. The zero-order valence-corrected chi connectivity index (χ0v) is 10.9. The molecule has 0 saturated heterocycles. The van der Waals surface area contributed by atoms with Gasteiger partial charge in [-0.1, -0.05) is 12.1 Å². The van der Waals surface area contributed by atoms with Gasteiger partial charge in [0.2, 0.25) is 6.79 Å². The Balaban J connectivity index is 1.65. The minimum absolute atomic E-state index is 0.188. The standard InChI is InChI=1S/C15H11N3O3/c19-15(9-4-5-12-13(6-9)21-8-20-12)17-11-3-1-2-10-7-16-18-14(10)11/h1-7H,8H2,(H,16,18)(H,17,19).